The lowest BCUT2D eigenvalue weighted by Gasteiger charge is -2.08. The van der Waals surface area contributed by atoms with E-state index in [1.807, 2.05) is 0 Å². The topological polar surface area (TPSA) is 88.2 Å². The molecule has 1 aromatic heterocycles. The highest BCUT2D eigenvalue weighted by molar-refractivity contribution is 5.94. The molecule has 1 heterocycles. The number of unbranched alkanes of at least 4 members (excludes halogenated alkanes) is 3. The first kappa shape index (κ1) is 16.3. The van der Waals surface area contributed by atoms with Crippen LogP contribution in [0.3, 0.4) is 0 Å². The van der Waals surface area contributed by atoms with Crippen LogP contribution in [-0.2, 0) is 0 Å². The number of pyridine rings is 1. The fourth-order valence-corrected chi connectivity index (χ4v) is 2.00. The van der Waals surface area contributed by atoms with Gasteiger partial charge in [0.05, 0.1) is 17.4 Å². The highest BCUT2D eigenvalue weighted by Crippen LogP contribution is 2.15. The van der Waals surface area contributed by atoms with Crippen molar-refractivity contribution >= 4 is 17.5 Å². The van der Waals surface area contributed by atoms with Crippen molar-refractivity contribution in [3.05, 3.63) is 17.8 Å². The van der Waals surface area contributed by atoms with E-state index >= 15 is 0 Å². The van der Waals surface area contributed by atoms with Crippen molar-refractivity contribution in [2.45, 2.75) is 46.0 Å². The summed E-state index contributed by atoms with van der Waals surface area (Å²) in [5.41, 5.74) is 5.84. The molecule has 1 aromatic rings. The number of aromatic nitrogens is 1. The van der Waals surface area contributed by atoms with Gasteiger partial charge in [-0.05, 0) is 18.4 Å². The first-order chi connectivity index (χ1) is 9.50. The van der Waals surface area contributed by atoms with Crippen molar-refractivity contribution in [2.75, 3.05) is 17.6 Å². The van der Waals surface area contributed by atoms with Gasteiger partial charge in [-0.1, -0.05) is 39.5 Å². The van der Waals surface area contributed by atoms with E-state index in [0.29, 0.717) is 5.82 Å². The Labute approximate surface area is 120 Å². The van der Waals surface area contributed by atoms with Crippen LogP contribution >= 0.6 is 0 Å². The predicted molar refractivity (Wildman–Crippen MR) is 82.0 cm³/mol. The number of rotatable bonds is 9. The summed E-state index contributed by atoms with van der Waals surface area (Å²) in [7, 11) is 0. The standard InChI is InChI=1S/C15H25N3O2/c1-11(2)7-5-3-4-6-8-17-14-9-12(15(19)20)13(16)10-18-14/h9-11H,3-8,16H2,1-2H3,(H,17,18)(H,19,20). The maximum atomic E-state index is 10.9. The Bertz CT molecular complexity index is 433. The molecule has 0 amide bonds. The minimum absolute atomic E-state index is 0.0967. The highest BCUT2D eigenvalue weighted by atomic mass is 16.4. The van der Waals surface area contributed by atoms with Crippen LogP contribution in [0.4, 0.5) is 11.5 Å². The number of anilines is 2. The molecule has 112 valence electrons. The average Bonchev–Trinajstić information content (AvgIpc) is 2.38. The monoisotopic (exact) mass is 279 g/mol. The summed E-state index contributed by atoms with van der Waals surface area (Å²) in [6.07, 6.45) is 7.44. The number of carbonyl (C=O) groups is 1. The number of nitrogens with two attached hydrogens (primary N) is 1. The van der Waals surface area contributed by atoms with Crippen LogP contribution < -0.4 is 11.1 Å². The maximum absolute atomic E-state index is 10.9. The molecule has 0 unspecified atom stereocenters. The van der Waals surface area contributed by atoms with Crippen LogP contribution in [0.25, 0.3) is 0 Å². The van der Waals surface area contributed by atoms with Gasteiger partial charge in [-0.2, -0.15) is 0 Å². The Morgan fingerprint density at radius 3 is 2.70 bits per heavy atom. The fourth-order valence-electron chi connectivity index (χ4n) is 2.00. The van der Waals surface area contributed by atoms with Crippen molar-refractivity contribution in [3.63, 3.8) is 0 Å². The van der Waals surface area contributed by atoms with Gasteiger partial charge in [0.15, 0.2) is 0 Å². The largest absolute Gasteiger partial charge is 0.478 e. The Morgan fingerprint density at radius 2 is 2.05 bits per heavy atom. The molecule has 0 saturated heterocycles. The maximum Gasteiger partial charge on any atom is 0.337 e. The van der Waals surface area contributed by atoms with Gasteiger partial charge in [-0.25, -0.2) is 9.78 Å². The van der Waals surface area contributed by atoms with E-state index in [2.05, 4.69) is 24.1 Å². The van der Waals surface area contributed by atoms with Crippen LogP contribution in [-0.4, -0.2) is 22.6 Å². The molecule has 5 heteroatoms. The van der Waals surface area contributed by atoms with Gasteiger partial charge < -0.3 is 16.2 Å². The summed E-state index contributed by atoms with van der Waals surface area (Å²) >= 11 is 0. The number of aromatic carboxylic acids is 1. The number of hydrogen-bond acceptors (Lipinski definition) is 4. The fraction of sp³-hybridized carbons (Fsp3) is 0.600. The number of carboxylic acids is 1. The minimum atomic E-state index is -1.03. The molecule has 0 aromatic carbocycles. The quantitative estimate of drug-likeness (QED) is 0.603. The smallest absolute Gasteiger partial charge is 0.337 e. The van der Waals surface area contributed by atoms with E-state index in [1.165, 1.54) is 37.9 Å². The molecule has 0 aliphatic carbocycles. The third-order valence-electron chi connectivity index (χ3n) is 3.18. The third-order valence-corrected chi connectivity index (χ3v) is 3.18. The number of nitrogen functional groups attached to an aromatic ring is 1. The van der Waals surface area contributed by atoms with E-state index in [9.17, 15) is 4.79 Å². The van der Waals surface area contributed by atoms with Gasteiger partial charge in [0.1, 0.15) is 5.82 Å². The predicted octanol–water partition coefficient (Wildman–Crippen LogP) is 3.38. The molecule has 0 radical (unpaired) electrons. The van der Waals surface area contributed by atoms with Crippen molar-refractivity contribution in [1.82, 2.24) is 4.98 Å². The number of carboxylic acid groups (broad SMARTS) is 1. The third kappa shape index (κ3) is 5.91. The molecule has 0 spiro atoms. The van der Waals surface area contributed by atoms with Crippen molar-refractivity contribution < 1.29 is 9.90 Å². The lowest BCUT2D eigenvalue weighted by atomic mass is 10.0. The molecule has 0 bridgehead atoms. The van der Waals surface area contributed by atoms with E-state index in [1.54, 1.807) is 0 Å². The van der Waals surface area contributed by atoms with Crippen LogP contribution in [0, 0.1) is 5.92 Å². The Morgan fingerprint density at radius 1 is 1.35 bits per heavy atom. The molecule has 0 fully saturated rings. The Kier molecular flexibility index (Phi) is 6.84. The van der Waals surface area contributed by atoms with Gasteiger partial charge in [0.2, 0.25) is 0 Å². The summed E-state index contributed by atoms with van der Waals surface area (Å²) in [5.74, 6) is 0.321. The molecule has 20 heavy (non-hydrogen) atoms. The molecule has 0 aliphatic rings. The highest BCUT2D eigenvalue weighted by Gasteiger charge is 2.09. The molecule has 1 rings (SSSR count). The number of nitrogens with one attached hydrogen (secondary N) is 1. The van der Waals surface area contributed by atoms with Gasteiger partial charge in [0, 0.05) is 6.54 Å². The van der Waals surface area contributed by atoms with Crippen molar-refractivity contribution in [2.24, 2.45) is 5.92 Å². The molecule has 0 atom stereocenters. The van der Waals surface area contributed by atoms with Crippen molar-refractivity contribution in [1.29, 1.82) is 0 Å². The summed E-state index contributed by atoms with van der Waals surface area (Å²) in [6.45, 7) is 5.29. The van der Waals surface area contributed by atoms with Gasteiger partial charge >= 0.3 is 5.97 Å². The van der Waals surface area contributed by atoms with Crippen LogP contribution in [0.1, 0.15) is 56.3 Å². The zero-order valence-corrected chi connectivity index (χ0v) is 12.4. The van der Waals surface area contributed by atoms with Crippen LogP contribution in [0.15, 0.2) is 12.3 Å². The lowest BCUT2D eigenvalue weighted by molar-refractivity contribution is 0.0698. The summed E-state index contributed by atoms with van der Waals surface area (Å²) in [6, 6.07) is 1.48. The molecule has 0 aliphatic heterocycles. The Balaban J connectivity index is 2.25. The SMILES string of the molecule is CC(C)CCCCCCNc1cc(C(=O)O)c(N)cn1. The first-order valence-electron chi connectivity index (χ1n) is 7.23. The second kappa shape index (κ2) is 8.40. The van der Waals surface area contributed by atoms with Gasteiger partial charge in [0.25, 0.3) is 0 Å². The summed E-state index contributed by atoms with van der Waals surface area (Å²) in [4.78, 5) is 15.0. The van der Waals surface area contributed by atoms with E-state index in [4.69, 9.17) is 10.8 Å². The van der Waals surface area contributed by atoms with E-state index < -0.39 is 5.97 Å². The molecular weight excluding hydrogens is 254 g/mol. The lowest BCUT2D eigenvalue weighted by Crippen LogP contribution is -2.08. The first-order valence-corrected chi connectivity index (χ1v) is 7.23. The summed E-state index contributed by atoms with van der Waals surface area (Å²) < 4.78 is 0. The van der Waals surface area contributed by atoms with Crippen molar-refractivity contribution in [3.8, 4) is 0 Å². The number of nitrogens with zero attached hydrogens (tertiary/aromatic N) is 1. The normalized spacial score (nSPS) is 10.8. The number of hydrogen-bond donors (Lipinski definition) is 3. The van der Waals surface area contributed by atoms with Gasteiger partial charge in [-0.15, -0.1) is 0 Å². The Hall–Kier alpha value is -1.78. The second-order valence-electron chi connectivity index (χ2n) is 5.49. The summed E-state index contributed by atoms with van der Waals surface area (Å²) in [5, 5.41) is 12.1. The van der Waals surface area contributed by atoms with E-state index in [-0.39, 0.29) is 11.3 Å². The minimum Gasteiger partial charge on any atom is -0.478 e. The van der Waals surface area contributed by atoms with Gasteiger partial charge in [-0.3, -0.25) is 0 Å². The molecule has 0 saturated carbocycles. The average molecular weight is 279 g/mol. The molecule has 5 nitrogen and oxygen atoms in total. The molecular formula is C15H25N3O2. The molecule has 4 N–H and O–H groups in total. The second-order valence-corrected chi connectivity index (χ2v) is 5.49. The zero-order valence-electron chi connectivity index (χ0n) is 12.4. The van der Waals surface area contributed by atoms with Crippen LogP contribution in [0.2, 0.25) is 0 Å². The zero-order chi connectivity index (χ0) is 15.0. The van der Waals surface area contributed by atoms with Crippen LogP contribution in [0.5, 0.6) is 0 Å². The van der Waals surface area contributed by atoms with E-state index in [0.717, 1.165) is 18.9 Å².